The minimum atomic E-state index is 0.106. The van der Waals surface area contributed by atoms with Crippen molar-refractivity contribution in [3.05, 3.63) is 28.2 Å². The Morgan fingerprint density at radius 1 is 1.42 bits per heavy atom. The molecule has 1 heterocycles. The number of nitrogens with zero attached hydrogens (tertiary/aromatic N) is 2. The van der Waals surface area contributed by atoms with Crippen LogP contribution in [0.1, 0.15) is 19.4 Å². The van der Waals surface area contributed by atoms with Gasteiger partial charge in [-0.15, -0.1) is 0 Å². The van der Waals surface area contributed by atoms with Gasteiger partial charge < -0.3 is 20.6 Å². The van der Waals surface area contributed by atoms with Gasteiger partial charge in [0.2, 0.25) is 0 Å². The van der Waals surface area contributed by atoms with Crippen LogP contribution in [0.15, 0.2) is 27.8 Å². The number of oxime groups is 1. The first-order valence-corrected chi connectivity index (χ1v) is 6.99. The number of benzene rings is 1. The molecule has 1 aliphatic rings. The number of hydrogen-bond donors (Lipinski definition) is 2. The van der Waals surface area contributed by atoms with Crippen LogP contribution in [-0.2, 0) is 4.74 Å². The molecule has 0 radical (unpaired) electrons. The third-order valence-electron chi connectivity index (χ3n) is 3.12. The van der Waals surface area contributed by atoms with Crippen LogP contribution in [0.4, 0.5) is 5.69 Å². The van der Waals surface area contributed by atoms with Crippen molar-refractivity contribution in [3.63, 3.8) is 0 Å². The summed E-state index contributed by atoms with van der Waals surface area (Å²) in [6.07, 6.45) is 0.311. The van der Waals surface area contributed by atoms with E-state index in [9.17, 15) is 0 Å². The lowest BCUT2D eigenvalue weighted by atomic mass is 10.1. The molecule has 0 aromatic heterocycles. The molecular formula is C13H18BrN3O2. The SMILES string of the molecule is CC1CN(c2cccc(Br)c2/C(N)=N/O)CC(C)O1. The monoisotopic (exact) mass is 327 g/mol. The van der Waals surface area contributed by atoms with Crippen LogP contribution in [0.5, 0.6) is 0 Å². The zero-order valence-electron chi connectivity index (χ0n) is 11.0. The van der Waals surface area contributed by atoms with E-state index < -0.39 is 0 Å². The zero-order chi connectivity index (χ0) is 14.0. The molecule has 2 rings (SSSR count). The first-order chi connectivity index (χ1) is 9.02. The van der Waals surface area contributed by atoms with Crippen molar-refractivity contribution in [2.24, 2.45) is 10.9 Å². The lowest BCUT2D eigenvalue weighted by Gasteiger charge is -2.37. The average Bonchev–Trinajstić information content (AvgIpc) is 2.36. The van der Waals surface area contributed by atoms with Crippen LogP contribution in [0.25, 0.3) is 0 Å². The second kappa shape index (κ2) is 5.79. The molecule has 1 saturated heterocycles. The Bertz CT molecular complexity index is 483. The molecule has 6 heteroatoms. The second-order valence-electron chi connectivity index (χ2n) is 4.78. The van der Waals surface area contributed by atoms with Gasteiger partial charge in [0.1, 0.15) is 0 Å². The molecule has 0 spiro atoms. The fourth-order valence-electron chi connectivity index (χ4n) is 2.45. The number of rotatable bonds is 2. The fourth-order valence-corrected chi connectivity index (χ4v) is 3.01. The molecule has 2 atom stereocenters. The van der Waals surface area contributed by atoms with Gasteiger partial charge in [-0.3, -0.25) is 0 Å². The highest BCUT2D eigenvalue weighted by molar-refractivity contribution is 9.10. The van der Waals surface area contributed by atoms with Crippen molar-refractivity contribution >= 4 is 27.5 Å². The maximum atomic E-state index is 8.94. The van der Waals surface area contributed by atoms with Crippen molar-refractivity contribution in [2.45, 2.75) is 26.1 Å². The first-order valence-electron chi connectivity index (χ1n) is 6.19. The van der Waals surface area contributed by atoms with Crippen LogP contribution < -0.4 is 10.6 Å². The zero-order valence-corrected chi connectivity index (χ0v) is 12.6. The largest absolute Gasteiger partial charge is 0.409 e. The summed E-state index contributed by atoms with van der Waals surface area (Å²) in [4.78, 5) is 2.21. The van der Waals surface area contributed by atoms with Crippen molar-refractivity contribution in [2.75, 3.05) is 18.0 Å². The van der Waals surface area contributed by atoms with Gasteiger partial charge in [0.15, 0.2) is 5.84 Å². The molecule has 5 nitrogen and oxygen atoms in total. The minimum Gasteiger partial charge on any atom is -0.409 e. The highest BCUT2D eigenvalue weighted by Gasteiger charge is 2.25. The van der Waals surface area contributed by atoms with E-state index in [1.807, 2.05) is 32.0 Å². The topological polar surface area (TPSA) is 71.1 Å². The Labute approximate surface area is 121 Å². The molecule has 19 heavy (non-hydrogen) atoms. The number of anilines is 1. The summed E-state index contributed by atoms with van der Waals surface area (Å²) in [5.74, 6) is 0.106. The Kier molecular flexibility index (Phi) is 4.31. The predicted molar refractivity (Wildman–Crippen MR) is 78.9 cm³/mol. The molecule has 1 aromatic rings. The summed E-state index contributed by atoms with van der Waals surface area (Å²) in [5, 5.41) is 12.1. The molecule has 0 saturated carbocycles. The van der Waals surface area contributed by atoms with Gasteiger partial charge >= 0.3 is 0 Å². The number of ether oxygens (including phenoxy) is 1. The van der Waals surface area contributed by atoms with E-state index in [0.717, 1.165) is 23.2 Å². The summed E-state index contributed by atoms with van der Waals surface area (Å²) in [5.41, 5.74) is 7.45. The molecular weight excluding hydrogens is 310 g/mol. The highest BCUT2D eigenvalue weighted by Crippen LogP contribution is 2.29. The number of morpholine rings is 1. The standard InChI is InChI=1S/C13H18BrN3O2/c1-8-6-17(7-9(2)19-8)11-5-3-4-10(14)12(11)13(15)16-18/h3-5,8-9,18H,6-7H2,1-2H3,(H2,15,16). The lowest BCUT2D eigenvalue weighted by Crippen LogP contribution is -2.46. The van der Waals surface area contributed by atoms with E-state index >= 15 is 0 Å². The molecule has 1 aliphatic heterocycles. The van der Waals surface area contributed by atoms with E-state index in [2.05, 4.69) is 26.0 Å². The van der Waals surface area contributed by atoms with E-state index in [0.29, 0.717) is 5.56 Å². The first kappa shape index (κ1) is 14.1. The van der Waals surface area contributed by atoms with Crippen LogP contribution in [0, 0.1) is 0 Å². The normalized spacial score (nSPS) is 24.6. The Balaban J connectivity index is 2.41. The van der Waals surface area contributed by atoms with Gasteiger partial charge in [-0.05, 0) is 41.9 Å². The van der Waals surface area contributed by atoms with E-state index in [1.165, 1.54) is 0 Å². The third-order valence-corrected chi connectivity index (χ3v) is 3.78. The Morgan fingerprint density at radius 3 is 2.63 bits per heavy atom. The number of halogens is 1. The van der Waals surface area contributed by atoms with E-state index in [4.69, 9.17) is 15.7 Å². The maximum absolute atomic E-state index is 8.94. The summed E-state index contributed by atoms with van der Waals surface area (Å²) >= 11 is 3.46. The smallest absolute Gasteiger partial charge is 0.173 e. The Hall–Kier alpha value is -1.27. The molecule has 104 valence electrons. The summed E-state index contributed by atoms with van der Waals surface area (Å²) in [6, 6.07) is 5.80. The average molecular weight is 328 g/mol. The van der Waals surface area contributed by atoms with Crippen LogP contribution in [0.2, 0.25) is 0 Å². The fraction of sp³-hybridized carbons (Fsp3) is 0.462. The molecule has 1 aromatic carbocycles. The van der Waals surface area contributed by atoms with E-state index in [-0.39, 0.29) is 18.0 Å². The van der Waals surface area contributed by atoms with Gasteiger partial charge in [0, 0.05) is 23.2 Å². The van der Waals surface area contributed by atoms with Gasteiger partial charge in [0.25, 0.3) is 0 Å². The summed E-state index contributed by atoms with van der Waals surface area (Å²) < 4.78 is 6.54. The van der Waals surface area contributed by atoms with Crippen LogP contribution in [-0.4, -0.2) is 36.3 Å². The maximum Gasteiger partial charge on any atom is 0.173 e. The number of amidine groups is 1. The van der Waals surface area contributed by atoms with Gasteiger partial charge in [-0.25, -0.2) is 0 Å². The van der Waals surface area contributed by atoms with Crippen molar-refractivity contribution in [3.8, 4) is 0 Å². The summed E-state index contributed by atoms with van der Waals surface area (Å²) in [7, 11) is 0. The van der Waals surface area contributed by atoms with Crippen molar-refractivity contribution in [1.82, 2.24) is 0 Å². The quantitative estimate of drug-likeness (QED) is 0.378. The van der Waals surface area contributed by atoms with Gasteiger partial charge in [-0.2, -0.15) is 0 Å². The number of hydrogen-bond acceptors (Lipinski definition) is 4. The van der Waals surface area contributed by atoms with Crippen LogP contribution in [0.3, 0.4) is 0 Å². The van der Waals surface area contributed by atoms with Crippen molar-refractivity contribution in [1.29, 1.82) is 0 Å². The predicted octanol–water partition coefficient (Wildman–Crippen LogP) is 2.16. The lowest BCUT2D eigenvalue weighted by molar-refractivity contribution is -0.00522. The molecule has 0 aliphatic carbocycles. The molecule has 0 amide bonds. The summed E-state index contributed by atoms with van der Waals surface area (Å²) in [6.45, 7) is 5.66. The van der Waals surface area contributed by atoms with Gasteiger partial charge in [0.05, 0.1) is 17.8 Å². The highest BCUT2D eigenvalue weighted by atomic mass is 79.9. The Morgan fingerprint density at radius 2 is 2.05 bits per heavy atom. The molecule has 2 unspecified atom stereocenters. The minimum absolute atomic E-state index is 0.106. The van der Waals surface area contributed by atoms with Gasteiger partial charge in [-0.1, -0.05) is 11.2 Å². The van der Waals surface area contributed by atoms with E-state index in [1.54, 1.807) is 0 Å². The molecule has 0 bridgehead atoms. The third kappa shape index (κ3) is 3.01. The molecule has 1 fully saturated rings. The van der Waals surface area contributed by atoms with Crippen LogP contribution >= 0.6 is 15.9 Å². The molecule has 3 N–H and O–H groups in total. The number of nitrogens with two attached hydrogens (primary N) is 1. The van der Waals surface area contributed by atoms with Crippen molar-refractivity contribution < 1.29 is 9.94 Å². The second-order valence-corrected chi connectivity index (χ2v) is 5.64.